The molecule has 0 unspecified atom stereocenters. The van der Waals surface area contributed by atoms with Crippen molar-refractivity contribution in [3.63, 3.8) is 0 Å². The van der Waals surface area contributed by atoms with E-state index in [1.54, 1.807) is 12.1 Å². The first-order valence-electron chi connectivity index (χ1n) is 9.58. The van der Waals surface area contributed by atoms with Crippen LogP contribution in [-0.2, 0) is 14.8 Å². The molecule has 164 valence electrons. The number of carbonyl (C=O) groups is 1. The van der Waals surface area contributed by atoms with Crippen LogP contribution in [-0.4, -0.2) is 19.2 Å². The number of benzene rings is 3. The van der Waals surface area contributed by atoms with E-state index in [2.05, 4.69) is 10.0 Å². The van der Waals surface area contributed by atoms with Crippen LogP contribution < -0.4 is 10.0 Å². The Morgan fingerprint density at radius 2 is 1.53 bits per heavy atom. The molecular formula is C23H21N3O5S. The number of nitrogens with zero attached hydrogens (tertiary/aromatic N) is 1. The molecule has 0 saturated carbocycles. The molecule has 0 heterocycles. The van der Waals surface area contributed by atoms with Gasteiger partial charge in [-0.25, -0.2) is 8.42 Å². The predicted octanol–water partition coefficient (Wildman–Crippen LogP) is 4.66. The summed E-state index contributed by atoms with van der Waals surface area (Å²) in [7, 11) is -3.77. The monoisotopic (exact) mass is 451 g/mol. The molecule has 0 aromatic heterocycles. The molecule has 0 aliphatic heterocycles. The van der Waals surface area contributed by atoms with Crippen LogP contribution in [0.3, 0.4) is 0 Å². The van der Waals surface area contributed by atoms with Gasteiger partial charge in [0.15, 0.2) is 0 Å². The second kappa shape index (κ2) is 9.44. The molecule has 0 bridgehead atoms. The number of non-ortho nitro benzene ring substituents is 1. The Balaban J connectivity index is 1.63. The van der Waals surface area contributed by atoms with Crippen molar-refractivity contribution in [2.45, 2.75) is 18.7 Å². The second-order valence-corrected chi connectivity index (χ2v) is 8.78. The Bertz CT molecular complexity index is 1280. The highest BCUT2D eigenvalue weighted by Crippen LogP contribution is 2.20. The van der Waals surface area contributed by atoms with E-state index in [9.17, 15) is 23.3 Å². The zero-order valence-corrected chi connectivity index (χ0v) is 18.2. The Kier molecular flexibility index (Phi) is 6.70. The Hall–Kier alpha value is -3.98. The summed E-state index contributed by atoms with van der Waals surface area (Å²) in [6, 6.07) is 16.9. The van der Waals surface area contributed by atoms with Gasteiger partial charge in [0.2, 0.25) is 5.91 Å². The van der Waals surface area contributed by atoms with Crippen LogP contribution >= 0.6 is 0 Å². The first kappa shape index (κ1) is 22.7. The largest absolute Gasteiger partial charge is 0.323 e. The fraction of sp³-hybridized carbons (Fsp3) is 0.0870. The van der Waals surface area contributed by atoms with Crippen LogP contribution in [0.5, 0.6) is 0 Å². The Morgan fingerprint density at radius 3 is 2.12 bits per heavy atom. The van der Waals surface area contributed by atoms with Crippen molar-refractivity contribution in [3.05, 3.63) is 99.6 Å². The van der Waals surface area contributed by atoms with E-state index >= 15 is 0 Å². The molecule has 3 aromatic carbocycles. The maximum absolute atomic E-state index is 12.6. The molecule has 1 amide bonds. The lowest BCUT2D eigenvalue weighted by Gasteiger charge is -2.10. The lowest BCUT2D eigenvalue weighted by Crippen LogP contribution is -2.13. The van der Waals surface area contributed by atoms with E-state index in [0.29, 0.717) is 16.9 Å². The SMILES string of the molecule is Cc1ccc(NS(=O)(=O)c2ccc(NC(=O)/C=C/c3ccc([N+](=O)[O-])cc3)cc2)cc1C. The van der Waals surface area contributed by atoms with Crippen LogP contribution in [0.25, 0.3) is 6.08 Å². The number of amides is 1. The highest BCUT2D eigenvalue weighted by atomic mass is 32.2. The molecule has 0 fully saturated rings. The normalized spacial score (nSPS) is 11.3. The molecule has 3 aromatic rings. The Labute approximate surface area is 185 Å². The number of nitrogens with one attached hydrogen (secondary N) is 2. The summed E-state index contributed by atoms with van der Waals surface area (Å²) in [5.74, 6) is -0.424. The summed E-state index contributed by atoms with van der Waals surface area (Å²) >= 11 is 0. The second-order valence-electron chi connectivity index (χ2n) is 7.10. The molecule has 0 spiro atoms. The molecule has 3 rings (SSSR count). The van der Waals surface area contributed by atoms with Gasteiger partial charge in [-0.05, 0) is 85.1 Å². The van der Waals surface area contributed by atoms with E-state index in [-0.39, 0.29) is 10.6 Å². The number of hydrogen-bond acceptors (Lipinski definition) is 5. The van der Waals surface area contributed by atoms with E-state index in [4.69, 9.17) is 0 Å². The van der Waals surface area contributed by atoms with E-state index < -0.39 is 20.9 Å². The molecule has 0 atom stereocenters. The van der Waals surface area contributed by atoms with E-state index in [1.165, 1.54) is 60.7 Å². The lowest BCUT2D eigenvalue weighted by atomic mass is 10.1. The van der Waals surface area contributed by atoms with Gasteiger partial charge in [-0.15, -0.1) is 0 Å². The van der Waals surface area contributed by atoms with Crippen molar-refractivity contribution in [2.75, 3.05) is 10.0 Å². The van der Waals surface area contributed by atoms with Gasteiger partial charge >= 0.3 is 0 Å². The number of aryl methyl sites for hydroxylation is 2. The van der Waals surface area contributed by atoms with Gasteiger partial charge in [-0.3, -0.25) is 19.6 Å². The number of carbonyl (C=O) groups excluding carboxylic acids is 1. The van der Waals surface area contributed by atoms with Crippen molar-refractivity contribution in [1.29, 1.82) is 0 Å². The molecule has 9 heteroatoms. The van der Waals surface area contributed by atoms with Crippen molar-refractivity contribution < 1.29 is 18.1 Å². The maximum atomic E-state index is 12.6. The molecular weight excluding hydrogens is 430 g/mol. The number of nitro groups is 1. The number of nitro benzene ring substituents is 1. The standard InChI is InChI=1S/C23H21N3O5S/c1-16-3-7-20(15-17(16)2)25-32(30,31)22-12-8-19(9-13-22)24-23(27)14-6-18-4-10-21(11-5-18)26(28)29/h3-15,25H,1-2H3,(H,24,27)/b14-6+. The third-order valence-electron chi connectivity index (χ3n) is 4.72. The fourth-order valence-corrected chi connectivity index (χ4v) is 3.85. The minimum Gasteiger partial charge on any atom is -0.323 e. The van der Waals surface area contributed by atoms with Crippen molar-refractivity contribution in [1.82, 2.24) is 0 Å². The quantitative estimate of drug-likeness (QED) is 0.308. The van der Waals surface area contributed by atoms with Gasteiger partial charge in [0.1, 0.15) is 0 Å². The smallest absolute Gasteiger partial charge is 0.269 e. The molecule has 0 aliphatic rings. The molecule has 0 radical (unpaired) electrons. The van der Waals surface area contributed by atoms with Crippen LogP contribution in [0.15, 0.2) is 77.7 Å². The van der Waals surface area contributed by atoms with Gasteiger partial charge in [0, 0.05) is 29.6 Å². The van der Waals surface area contributed by atoms with Crippen molar-refractivity contribution in [2.24, 2.45) is 0 Å². The summed E-state index contributed by atoms with van der Waals surface area (Å²) in [5, 5.41) is 13.3. The van der Waals surface area contributed by atoms with Gasteiger partial charge in [-0.2, -0.15) is 0 Å². The summed E-state index contributed by atoms with van der Waals surface area (Å²) in [4.78, 5) is 22.3. The highest BCUT2D eigenvalue weighted by molar-refractivity contribution is 7.92. The van der Waals surface area contributed by atoms with E-state index in [0.717, 1.165) is 11.1 Å². The van der Waals surface area contributed by atoms with Crippen LogP contribution in [0.2, 0.25) is 0 Å². The van der Waals surface area contributed by atoms with Crippen LogP contribution in [0.1, 0.15) is 16.7 Å². The van der Waals surface area contributed by atoms with Crippen molar-refractivity contribution in [3.8, 4) is 0 Å². The number of sulfonamides is 1. The summed E-state index contributed by atoms with van der Waals surface area (Å²) in [6.07, 6.45) is 2.80. The number of anilines is 2. The fourth-order valence-electron chi connectivity index (χ4n) is 2.80. The number of rotatable bonds is 7. The van der Waals surface area contributed by atoms with Gasteiger partial charge in [0.25, 0.3) is 15.7 Å². The third-order valence-corrected chi connectivity index (χ3v) is 6.12. The maximum Gasteiger partial charge on any atom is 0.269 e. The predicted molar refractivity (Wildman–Crippen MR) is 124 cm³/mol. The number of hydrogen-bond donors (Lipinski definition) is 2. The first-order chi connectivity index (χ1) is 15.1. The van der Waals surface area contributed by atoms with Gasteiger partial charge in [-0.1, -0.05) is 6.07 Å². The molecule has 2 N–H and O–H groups in total. The van der Waals surface area contributed by atoms with Crippen LogP contribution in [0, 0.1) is 24.0 Å². The average Bonchev–Trinajstić information content (AvgIpc) is 2.75. The summed E-state index contributed by atoms with van der Waals surface area (Å²) < 4.78 is 27.8. The highest BCUT2D eigenvalue weighted by Gasteiger charge is 2.14. The van der Waals surface area contributed by atoms with Crippen molar-refractivity contribution >= 4 is 39.1 Å². The van der Waals surface area contributed by atoms with Gasteiger partial charge < -0.3 is 5.32 Å². The van der Waals surface area contributed by atoms with Crippen LogP contribution in [0.4, 0.5) is 17.1 Å². The lowest BCUT2D eigenvalue weighted by molar-refractivity contribution is -0.384. The zero-order valence-electron chi connectivity index (χ0n) is 17.4. The minimum atomic E-state index is -3.77. The molecule has 0 aliphatic carbocycles. The Morgan fingerprint density at radius 1 is 0.906 bits per heavy atom. The summed E-state index contributed by atoms with van der Waals surface area (Å²) in [6.45, 7) is 3.85. The minimum absolute atomic E-state index is 0.0337. The molecule has 0 saturated heterocycles. The zero-order chi connectivity index (χ0) is 23.3. The summed E-state index contributed by atoms with van der Waals surface area (Å²) in [5.41, 5.74) is 3.54. The molecule has 8 nitrogen and oxygen atoms in total. The third kappa shape index (κ3) is 5.79. The van der Waals surface area contributed by atoms with Gasteiger partial charge in [0.05, 0.1) is 9.82 Å². The molecule has 32 heavy (non-hydrogen) atoms. The topological polar surface area (TPSA) is 118 Å². The average molecular weight is 452 g/mol. The first-order valence-corrected chi connectivity index (χ1v) is 11.1. The van der Waals surface area contributed by atoms with E-state index in [1.807, 2.05) is 19.9 Å².